The Bertz CT molecular complexity index is 207. The Morgan fingerprint density at radius 3 is 1.59 bits per heavy atom. The second-order valence-electron chi connectivity index (χ2n) is 8.15. The van der Waals surface area contributed by atoms with Gasteiger partial charge in [0.15, 0.2) is 0 Å². The van der Waals surface area contributed by atoms with Crippen molar-refractivity contribution in [3.63, 3.8) is 0 Å². The average molecular weight is 259 g/mol. The molecule has 0 aliphatic heterocycles. The fraction of sp³-hybridized carbons (Fsp3) is 1.00. The van der Waals surface area contributed by atoms with Gasteiger partial charge in [0.2, 0.25) is 0 Å². The summed E-state index contributed by atoms with van der Waals surface area (Å²) in [5, 5.41) is 0.548. The fourth-order valence-electron chi connectivity index (χ4n) is 2.84. The van der Waals surface area contributed by atoms with E-state index < -0.39 is 0 Å². The lowest BCUT2D eigenvalue weighted by Crippen LogP contribution is -2.29. The quantitative estimate of drug-likeness (QED) is 0.590. The van der Waals surface area contributed by atoms with Gasteiger partial charge in [0.25, 0.3) is 0 Å². The first kappa shape index (κ1) is 17.4. The number of hydrogen-bond acceptors (Lipinski definition) is 1. The average Bonchev–Trinajstić information content (AvgIpc) is 2.08. The third-order valence-corrected chi connectivity index (χ3v) is 4.17. The van der Waals surface area contributed by atoms with Crippen LogP contribution in [0.1, 0.15) is 74.7 Å². The number of rotatable bonds is 5. The van der Waals surface area contributed by atoms with E-state index >= 15 is 0 Å². The first-order chi connectivity index (χ1) is 7.46. The molecule has 0 radical (unpaired) electrons. The van der Waals surface area contributed by atoms with Gasteiger partial charge in [-0.2, -0.15) is 12.6 Å². The van der Waals surface area contributed by atoms with E-state index in [-0.39, 0.29) is 0 Å². The van der Waals surface area contributed by atoms with E-state index in [0.717, 1.165) is 11.8 Å². The maximum atomic E-state index is 4.83. The Balaban J connectivity index is 4.68. The van der Waals surface area contributed by atoms with Crippen molar-refractivity contribution in [2.75, 3.05) is 0 Å². The van der Waals surface area contributed by atoms with Gasteiger partial charge in [-0.25, -0.2) is 0 Å². The summed E-state index contributed by atoms with van der Waals surface area (Å²) in [5.41, 5.74) is 0.837. The third-order valence-electron chi connectivity index (χ3n) is 3.43. The van der Waals surface area contributed by atoms with Crippen LogP contribution < -0.4 is 0 Å². The van der Waals surface area contributed by atoms with Gasteiger partial charge < -0.3 is 0 Å². The molecule has 0 aromatic carbocycles. The van der Waals surface area contributed by atoms with Crippen LogP contribution in [0.15, 0.2) is 0 Å². The predicted octanol–water partition coefficient (Wildman–Crippen LogP) is 5.82. The maximum Gasteiger partial charge on any atom is 0.00452 e. The predicted molar refractivity (Wildman–Crippen MR) is 83.9 cm³/mol. The van der Waals surface area contributed by atoms with E-state index in [1.165, 1.54) is 19.3 Å². The van der Waals surface area contributed by atoms with Crippen molar-refractivity contribution < 1.29 is 0 Å². The summed E-state index contributed by atoms with van der Waals surface area (Å²) in [6.45, 7) is 18.8. The van der Waals surface area contributed by atoms with E-state index in [0.29, 0.717) is 16.1 Å². The molecule has 0 aromatic rings. The first-order valence-corrected chi connectivity index (χ1v) is 7.66. The molecular weight excluding hydrogens is 224 g/mol. The van der Waals surface area contributed by atoms with E-state index in [2.05, 4.69) is 55.4 Å². The SMILES string of the molecule is CCC(S)C(CC(C)(C)C)C(C)CC(C)(C)C. The van der Waals surface area contributed by atoms with Crippen molar-refractivity contribution in [2.45, 2.75) is 79.9 Å². The van der Waals surface area contributed by atoms with Crippen LogP contribution in [0.4, 0.5) is 0 Å². The zero-order valence-corrected chi connectivity index (χ0v) is 14.2. The van der Waals surface area contributed by atoms with Gasteiger partial charge in [-0.15, -0.1) is 0 Å². The lowest BCUT2D eigenvalue weighted by atomic mass is 9.72. The molecule has 0 aliphatic rings. The topological polar surface area (TPSA) is 0 Å². The largest absolute Gasteiger partial charge is 0.176 e. The molecular formula is C16H34S. The van der Waals surface area contributed by atoms with Crippen molar-refractivity contribution in [1.29, 1.82) is 0 Å². The second kappa shape index (κ2) is 6.50. The van der Waals surface area contributed by atoms with Crippen LogP contribution in [0.5, 0.6) is 0 Å². The molecule has 1 heteroatoms. The third kappa shape index (κ3) is 8.13. The zero-order valence-electron chi connectivity index (χ0n) is 13.3. The highest BCUT2D eigenvalue weighted by atomic mass is 32.1. The number of thiol groups is 1. The minimum atomic E-state index is 0.410. The van der Waals surface area contributed by atoms with Crippen LogP contribution >= 0.6 is 12.6 Å². The molecule has 3 unspecified atom stereocenters. The lowest BCUT2D eigenvalue weighted by Gasteiger charge is -2.36. The molecule has 0 bridgehead atoms. The van der Waals surface area contributed by atoms with Gasteiger partial charge in [0.1, 0.15) is 0 Å². The standard InChI is InChI=1S/C16H34S/c1-9-14(17)13(11-16(6,7)8)12(2)10-15(3,4)5/h12-14,17H,9-11H2,1-8H3. The molecule has 17 heavy (non-hydrogen) atoms. The van der Waals surface area contributed by atoms with E-state index in [4.69, 9.17) is 12.6 Å². The van der Waals surface area contributed by atoms with Gasteiger partial charge in [-0.3, -0.25) is 0 Å². The molecule has 0 saturated heterocycles. The van der Waals surface area contributed by atoms with Crippen LogP contribution in [0.25, 0.3) is 0 Å². The molecule has 0 N–H and O–H groups in total. The van der Waals surface area contributed by atoms with Gasteiger partial charge >= 0.3 is 0 Å². The summed E-state index contributed by atoms with van der Waals surface area (Å²) in [4.78, 5) is 0. The minimum absolute atomic E-state index is 0.410. The molecule has 0 nitrogen and oxygen atoms in total. The summed E-state index contributed by atoms with van der Waals surface area (Å²) in [6.07, 6.45) is 3.76. The fourth-order valence-corrected chi connectivity index (χ4v) is 3.24. The Kier molecular flexibility index (Phi) is 6.63. The van der Waals surface area contributed by atoms with Crippen molar-refractivity contribution in [2.24, 2.45) is 22.7 Å². The van der Waals surface area contributed by atoms with Gasteiger partial charge in [-0.05, 0) is 41.9 Å². The Morgan fingerprint density at radius 2 is 1.29 bits per heavy atom. The maximum absolute atomic E-state index is 4.83. The van der Waals surface area contributed by atoms with E-state index in [9.17, 15) is 0 Å². The van der Waals surface area contributed by atoms with Gasteiger partial charge in [0.05, 0.1) is 0 Å². The van der Waals surface area contributed by atoms with Crippen molar-refractivity contribution >= 4 is 12.6 Å². The normalized spacial score (nSPS) is 18.9. The molecule has 104 valence electrons. The highest BCUT2D eigenvalue weighted by Gasteiger charge is 2.30. The summed E-state index contributed by atoms with van der Waals surface area (Å²) in [6, 6.07) is 0. The van der Waals surface area contributed by atoms with Gasteiger partial charge in [-0.1, -0.05) is 55.4 Å². The van der Waals surface area contributed by atoms with E-state index in [1.807, 2.05) is 0 Å². The van der Waals surface area contributed by atoms with E-state index in [1.54, 1.807) is 0 Å². The Labute approximate surface area is 115 Å². The summed E-state index contributed by atoms with van der Waals surface area (Å²) in [5.74, 6) is 1.50. The molecule has 0 aromatic heterocycles. The molecule has 0 amide bonds. The van der Waals surface area contributed by atoms with Crippen LogP contribution in [-0.4, -0.2) is 5.25 Å². The monoisotopic (exact) mass is 258 g/mol. The smallest absolute Gasteiger partial charge is 0.00452 e. The molecule has 0 saturated carbocycles. The Hall–Kier alpha value is 0.350. The number of hydrogen-bond donors (Lipinski definition) is 1. The first-order valence-electron chi connectivity index (χ1n) is 7.14. The minimum Gasteiger partial charge on any atom is -0.176 e. The lowest BCUT2D eigenvalue weighted by molar-refractivity contribution is 0.179. The highest BCUT2D eigenvalue weighted by Crippen LogP contribution is 2.38. The molecule has 0 aliphatic carbocycles. The Morgan fingerprint density at radius 1 is 0.882 bits per heavy atom. The van der Waals surface area contributed by atoms with Crippen LogP contribution in [0, 0.1) is 22.7 Å². The zero-order chi connectivity index (χ0) is 13.9. The molecule has 0 rings (SSSR count). The highest BCUT2D eigenvalue weighted by molar-refractivity contribution is 7.81. The summed E-state index contributed by atoms with van der Waals surface area (Å²) < 4.78 is 0. The van der Waals surface area contributed by atoms with Crippen LogP contribution in [0.3, 0.4) is 0 Å². The van der Waals surface area contributed by atoms with Crippen molar-refractivity contribution in [3.8, 4) is 0 Å². The van der Waals surface area contributed by atoms with Gasteiger partial charge in [0, 0.05) is 5.25 Å². The summed E-state index contributed by atoms with van der Waals surface area (Å²) >= 11 is 4.83. The van der Waals surface area contributed by atoms with Crippen LogP contribution in [0.2, 0.25) is 0 Å². The molecule has 3 atom stereocenters. The van der Waals surface area contributed by atoms with Crippen molar-refractivity contribution in [3.05, 3.63) is 0 Å². The van der Waals surface area contributed by atoms with Crippen molar-refractivity contribution in [1.82, 2.24) is 0 Å². The molecule has 0 spiro atoms. The summed E-state index contributed by atoms with van der Waals surface area (Å²) in [7, 11) is 0. The molecule has 0 heterocycles. The second-order valence-corrected chi connectivity index (χ2v) is 8.81. The molecule has 0 fully saturated rings. The van der Waals surface area contributed by atoms with Crippen LogP contribution in [-0.2, 0) is 0 Å².